The van der Waals surface area contributed by atoms with Crippen molar-refractivity contribution < 1.29 is 9.47 Å². The van der Waals surface area contributed by atoms with Gasteiger partial charge in [-0.25, -0.2) is 0 Å². The third-order valence-corrected chi connectivity index (χ3v) is 2.98. The van der Waals surface area contributed by atoms with Gasteiger partial charge in [0, 0.05) is 18.7 Å². The normalized spacial score (nSPS) is 22.5. The number of rotatable bonds is 3. The number of aromatic nitrogens is 2. The maximum Gasteiger partial charge on any atom is 0.225 e. The molecule has 6 heteroatoms. The number of nitrogens with one attached hydrogen (secondary N) is 1. The topological polar surface area (TPSA) is 82.3 Å². The minimum atomic E-state index is -0.0986. The molecule has 1 atom stereocenters. The van der Waals surface area contributed by atoms with Gasteiger partial charge < -0.3 is 20.5 Å². The van der Waals surface area contributed by atoms with Crippen molar-refractivity contribution in [3.05, 3.63) is 6.07 Å². The number of ether oxygens (including phenoxy) is 2. The third kappa shape index (κ3) is 3.22. The Labute approximate surface area is 107 Å². The van der Waals surface area contributed by atoms with Crippen molar-refractivity contribution >= 4 is 11.8 Å². The second kappa shape index (κ2) is 4.97. The lowest BCUT2D eigenvalue weighted by Crippen LogP contribution is -2.40. The van der Waals surface area contributed by atoms with Crippen LogP contribution in [0.1, 0.15) is 26.7 Å². The SMILES string of the molecule is COc1cc(NC2CCOC(C)(C)C2)nc(N)n1. The number of methoxy groups -OCH3 is 1. The molecule has 0 aliphatic carbocycles. The molecule has 1 aromatic heterocycles. The zero-order valence-corrected chi connectivity index (χ0v) is 11.1. The van der Waals surface area contributed by atoms with E-state index in [0.29, 0.717) is 17.7 Å². The molecule has 0 saturated carbocycles. The predicted octanol–water partition coefficient (Wildman–Crippen LogP) is 1.44. The molecule has 0 radical (unpaired) electrons. The second-order valence-corrected chi connectivity index (χ2v) is 5.10. The molecular formula is C12H20N4O2. The van der Waals surface area contributed by atoms with Gasteiger partial charge in [-0.3, -0.25) is 0 Å². The number of anilines is 2. The van der Waals surface area contributed by atoms with Crippen molar-refractivity contribution in [1.82, 2.24) is 9.97 Å². The first-order chi connectivity index (χ1) is 8.48. The van der Waals surface area contributed by atoms with Gasteiger partial charge in [-0.1, -0.05) is 0 Å². The molecule has 0 aromatic carbocycles. The highest BCUT2D eigenvalue weighted by Crippen LogP contribution is 2.26. The van der Waals surface area contributed by atoms with E-state index in [1.54, 1.807) is 13.2 Å². The molecule has 0 amide bonds. The fraction of sp³-hybridized carbons (Fsp3) is 0.667. The Bertz CT molecular complexity index is 423. The van der Waals surface area contributed by atoms with Crippen molar-refractivity contribution in [2.75, 3.05) is 24.8 Å². The van der Waals surface area contributed by atoms with Crippen LogP contribution >= 0.6 is 0 Å². The molecule has 1 fully saturated rings. The fourth-order valence-corrected chi connectivity index (χ4v) is 2.19. The molecule has 100 valence electrons. The van der Waals surface area contributed by atoms with Crippen molar-refractivity contribution in [1.29, 1.82) is 0 Å². The van der Waals surface area contributed by atoms with Gasteiger partial charge in [0.15, 0.2) is 0 Å². The molecule has 1 unspecified atom stereocenters. The summed E-state index contributed by atoms with van der Waals surface area (Å²) in [4.78, 5) is 8.11. The van der Waals surface area contributed by atoms with Gasteiger partial charge in [0.2, 0.25) is 11.8 Å². The van der Waals surface area contributed by atoms with Gasteiger partial charge in [0.25, 0.3) is 0 Å². The van der Waals surface area contributed by atoms with E-state index in [1.165, 1.54) is 0 Å². The van der Waals surface area contributed by atoms with E-state index in [0.717, 1.165) is 19.4 Å². The summed E-state index contributed by atoms with van der Waals surface area (Å²) in [6.45, 7) is 4.94. The summed E-state index contributed by atoms with van der Waals surface area (Å²) in [7, 11) is 1.56. The van der Waals surface area contributed by atoms with Gasteiger partial charge >= 0.3 is 0 Å². The lowest BCUT2D eigenvalue weighted by Gasteiger charge is -2.36. The van der Waals surface area contributed by atoms with Crippen molar-refractivity contribution in [3.63, 3.8) is 0 Å². The van der Waals surface area contributed by atoms with Crippen LogP contribution in [0.5, 0.6) is 5.88 Å². The molecule has 18 heavy (non-hydrogen) atoms. The Morgan fingerprint density at radius 3 is 2.94 bits per heavy atom. The molecular weight excluding hydrogens is 232 g/mol. The van der Waals surface area contributed by atoms with E-state index in [4.69, 9.17) is 15.2 Å². The summed E-state index contributed by atoms with van der Waals surface area (Å²) < 4.78 is 10.7. The summed E-state index contributed by atoms with van der Waals surface area (Å²) in [5, 5.41) is 3.36. The highest BCUT2D eigenvalue weighted by molar-refractivity contribution is 5.43. The van der Waals surface area contributed by atoms with Gasteiger partial charge in [-0.15, -0.1) is 0 Å². The lowest BCUT2D eigenvalue weighted by molar-refractivity contribution is -0.0553. The van der Waals surface area contributed by atoms with Crippen molar-refractivity contribution in [3.8, 4) is 5.88 Å². The summed E-state index contributed by atoms with van der Waals surface area (Å²) in [5.41, 5.74) is 5.53. The predicted molar refractivity (Wildman–Crippen MR) is 69.7 cm³/mol. The molecule has 1 saturated heterocycles. The van der Waals surface area contributed by atoms with Crippen LogP contribution in [0.4, 0.5) is 11.8 Å². The van der Waals surface area contributed by atoms with Crippen LogP contribution in [0, 0.1) is 0 Å². The van der Waals surface area contributed by atoms with Gasteiger partial charge in [0.05, 0.1) is 12.7 Å². The highest BCUT2D eigenvalue weighted by atomic mass is 16.5. The zero-order chi connectivity index (χ0) is 13.2. The lowest BCUT2D eigenvalue weighted by atomic mass is 9.94. The molecule has 2 rings (SSSR count). The smallest absolute Gasteiger partial charge is 0.225 e. The van der Waals surface area contributed by atoms with Crippen molar-refractivity contribution in [2.24, 2.45) is 0 Å². The average Bonchev–Trinajstić information content (AvgIpc) is 2.26. The van der Waals surface area contributed by atoms with E-state index in [2.05, 4.69) is 29.1 Å². The van der Waals surface area contributed by atoms with Crippen LogP contribution in [-0.4, -0.2) is 35.3 Å². The van der Waals surface area contributed by atoms with E-state index in [1.807, 2.05) is 0 Å². The van der Waals surface area contributed by atoms with Gasteiger partial charge in [-0.05, 0) is 26.7 Å². The standard InChI is InChI=1S/C12H20N4O2/c1-12(2)7-8(4-5-18-12)14-9-6-10(17-3)16-11(13)15-9/h6,8H,4-5,7H2,1-3H3,(H3,13,14,15,16). The summed E-state index contributed by atoms with van der Waals surface area (Å²) in [6, 6.07) is 2.08. The molecule has 1 aliphatic rings. The molecule has 0 bridgehead atoms. The number of nitrogen functional groups attached to an aromatic ring is 1. The molecule has 6 nitrogen and oxygen atoms in total. The molecule has 2 heterocycles. The van der Waals surface area contributed by atoms with Gasteiger partial charge in [-0.2, -0.15) is 9.97 Å². The fourth-order valence-electron chi connectivity index (χ4n) is 2.19. The van der Waals surface area contributed by atoms with Crippen LogP contribution in [0.15, 0.2) is 6.07 Å². The minimum absolute atomic E-state index is 0.0986. The monoisotopic (exact) mass is 252 g/mol. The van der Waals surface area contributed by atoms with Crippen LogP contribution < -0.4 is 15.8 Å². The van der Waals surface area contributed by atoms with Crippen LogP contribution in [0.2, 0.25) is 0 Å². The number of nitrogens with zero attached hydrogens (tertiary/aromatic N) is 2. The summed E-state index contributed by atoms with van der Waals surface area (Å²) in [5.74, 6) is 1.38. The van der Waals surface area contributed by atoms with Crippen LogP contribution in [0.3, 0.4) is 0 Å². The molecule has 1 aliphatic heterocycles. The Morgan fingerprint density at radius 2 is 2.28 bits per heavy atom. The maximum absolute atomic E-state index is 5.68. The molecule has 3 N–H and O–H groups in total. The third-order valence-electron chi connectivity index (χ3n) is 2.98. The van der Waals surface area contributed by atoms with Crippen LogP contribution in [0.25, 0.3) is 0 Å². The molecule has 1 aromatic rings. The van der Waals surface area contributed by atoms with E-state index < -0.39 is 0 Å². The minimum Gasteiger partial charge on any atom is -0.481 e. The Morgan fingerprint density at radius 1 is 1.50 bits per heavy atom. The quantitative estimate of drug-likeness (QED) is 0.847. The van der Waals surface area contributed by atoms with Crippen molar-refractivity contribution in [2.45, 2.75) is 38.3 Å². The Kier molecular flexibility index (Phi) is 3.56. The first kappa shape index (κ1) is 12.9. The average molecular weight is 252 g/mol. The van der Waals surface area contributed by atoms with E-state index in [-0.39, 0.29) is 11.5 Å². The number of hydrogen-bond donors (Lipinski definition) is 2. The first-order valence-electron chi connectivity index (χ1n) is 6.07. The van der Waals surface area contributed by atoms with E-state index in [9.17, 15) is 0 Å². The molecule has 0 spiro atoms. The highest BCUT2D eigenvalue weighted by Gasteiger charge is 2.28. The first-order valence-corrected chi connectivity index (χ1v) is 6.07. The van der Waals surface area contributed by atoms with E-state index >= 15 is 0 Å². The maximum atomic E-state index is 5.68. The number of hydrogen-bond acceptors (Lipinski definition) is 6. The zero-order valence-electron chi connectivity index (χ0n) is 11.1. The second-order valence-electron chi connectivity index (χ2n) is 5.10. The summed E-state index contributed by atoms with van der Waals surface area (Å²) >= 11 is 0. The Balaban J connectivity index is 2.07. The summed E-state index contributed by atoms with van der Waals surface area (Å²) in [6.07, 6.45) is 1.88. The van der Waals surface area contributed by atoms with Crippen LogP contribution in [-0.2, 0) is 4.74 Å². The Hall–Kier alpha value is -1.56. The van der Waals surface area contributed by atoms with Gasteiger partial charge in [0.1, 0.15) is 5.82 Å². The largest absolute Gasteiger partial charge is 0.481 e. The number of nitrogens with two attached hydrogens (primary N) is 1.